The van der Waals surface area contributed by atoms with Crippen molar-refractivity contribution in [2.45, 2.75) is 46.2 Å². The topological polar surface area (TPSA) is 80.5 Å². The Morgan fingerprint density at radius 1 is 1.14 bits per heavy atom. The van der Waals surface area contributed by atoms with Crippen LogP contribution in [0.4, 0.5) is 5.82 Å². The standard InChI is InChI=1S/C21H27N7/c1-14-12-16(3)28(27-14)13-15(2)24-21-18-6-10-23-11-7-19(18)25-20(26-21)17-4-8-22-9-5-17/h4-5,8-9,12,15,23H,6-7,10-11,13H2,1-3H3,(H,24,25,26). The molecule has 1 atom stereocenters. The number of fused-ring (bicyclic) bond motifs is 1. The molecule has 7 heteroatoms. The summed E-state index contributed by atoms with van der Waals surface area (Å²) in [6.45, 7) is 8.98. The van der Waals surface area contributed by atoms with E-state index in [1.54, 1.807) is 12.4 Å². The average molecular weight is 377 g/mol. The summed E-state index contributed by atoms with van der Waals surface area (Å²) in [5.41, 5.74) is 5.57. The molecule has 1 unspecified atom stereocenters. The van der Waals surface area contributed by atoms with Gasteiger partial charge in [0.15, 0.2) is 5.82 Å². The van der Waals surface area contributed by atoms with Gasteiger partial charge >= 0.3 is 0 Å². The maximum absolute atomic E-state index is 4.90. The minimum absolute atomic E-state index is 0.193. The molecule has 0 saturated heterocycles. The van der Waals surface area contributed by atoms with Crippen molar-refractivity contribution in [3.05, 3.63) is 53.2 Å². The first kappa shape index (κ1) is 18.6. The number of rotatable bonds is 5. The van der Waals surface area contributed by atoms with Gasteiger partial charge in [0.25, 0.3) is 0 Å². The lowest BCUT2D eigenvalue weighted by atomic mass is 10.1. The van der Waals surface area contributed by atoms with E-state index in [4.69, 9.17) is 9.97 Å². The van der Waals surface area contributed by atoms with Crippen molar-refractivity contribution in [2.24, 2.45) is 0 Å². The minimum Gasteiger partial charge on any atom is -0.365 e. The molecule has 0 saturated carbocycles. The Kier molecular flexibility index (Phi) is 5.34. The van der Waals surface area contributed by atoms with Crippen molar-refractivity contribution < 1.29 is 0 Å². The quantitative estimate of drug-likeness (QED) is 0.711. The number of anilines is 1. The predicted molar refractivity (Wildman–Crippen MR) is 110 cm³/mol. The van der Waals surface area contributed by atoms with E-state index >= 15 is 0 Å². The molecule has 0 bridgehead atoms. The molecular weight excluding hydrogens is 350 g/mol. The largest absolute Gasteiger partial charge is 0.365 e. The first-order chi connectivity index (χ1) is 13.6. The summed E-state index contributed by atoms with van der Waals surface area (Å²) in [7, 11) is 0. The van der Waals surface area contributed by atoms with Crippen LogP contribution < -0.4 is 10.6 Å². The van der Waals surface area contributed by atoms with E-state index in [0.29, 0.717) is 0 Å². The molecule has 3 aromatic rings. The van der Waals surface area contributed by atoms with Crippen LogP contribution in [0.1, 0.15) is 29.6 Å². The average Bonchev–Trinajstić information content (AvgIpc) is 2.86. The van der Waals surface area contributed by atoms with Gasteiger partial charge in [-0.15, -0.1) is 0 Å². The van der Waals surface area contributed by atoms with Crippen molar-refractivity contribution >= 4 is 5.82 Å². The zero-order valence-electron chi connectivity index (χ0n) is 16.7. The van der Waals surface area contributed by atoms with Gasteiger partial charge in [-0.2, -0.15) is 5.10 Å². The van der Waals surface area contributed by atoms with Crippen LogP contribution in [0.5, 0.6) is 0 Å². The molecule has 0 spiro atoms. The van der Waals surface area contributed by atoms with Crippen molar-refractivity contribution in [3.8, 4) is 11.4 Å². The predicted octanol–water partition coefficient (Wildman–Crippen LogP) is 2.54. The molecule has 146 valence electrons. The molecule has 1 aliphatic rings. The molecule has 0 aliphatic carbocycles. The van der Waals surface area contributed by atoms with E-state index in [0.717, 1.165) is 61.1 Å². The van der Waals surface area contributed by atoms with Crippen LogP contribution in [0.2, 0.25) is 0 Å². The zero-order chi connectivity index (χ0) is 19.5. The number of aromatic nitrogens is 5. The number of aryl methyl sites for hydroxylation is 2. The lowest BCUT2D eigenvalue weighted by molar-refractivity contribution is 0.544. The molecule has 4 rings (SSSR count). The van der Waals surface area contributed by atoms with Crippen LogP contribution in [-0.2, 0) is 19.4 Å². The number of nitrogens with zero attached hydrogens (tertiary/aromatic N) is 5. The molecular formula is C21H27N7. The fourth-order valence-electron chi connectivity index (χ4n) is 3.69. The molecule has 4 heterocycles. The van der Waals surface area contributed by atoms with Crippen LogP contribution in [-0.4, -0.2) is 43.9 Å². The molecule has 0 radical (unpaired) electrons. The van der Waals surface area contributed by atoms with Crippen LogP contribution in [0, 0.1) is 13.8 Å². The highest BCUT2D eigenvalue weighted by Crippen LogP contribution is 2.25. The Hall–Kier alpha value is -2.80. The lowest BCUT2D eigenvalue weighted by Gasteiger charge is -2.20. The maximum Gasteiger partial charge on any atom is 0.161 e. The molecule has 0 aromatic carbocycles. The summed E-state index contributed by atoms with van der Waals surface area (Å²) in [5, 5.41) is 11.7. The van der Waals surface area contributed by atoms with Gasteiger partial charge in [-0.25, -0.2) is 9.97 Å². The summed E-state index contributed by atoms with van der Waals surface area (Å²) in [5.74, 6) is 1.69. The summed E-state index contributed by atoms with van der Waals surface area (Å²) in [6, 6.07) is 6.22. The van der Waals surface area contributed by atoms with Crippen LogP contribution in [0.3, 0.4) is 0 Å². The van der Waals surface area contributed by atoms with Gasteiger partial charge in [0, 0.05) is 48.2 Å². The van der Waals surface area contributed by atoms with Gasteiger partial charge in [0.1, 0.15) is 5.82 Å². The number of pyridine rings is 1. The Morgan fingerprint density at radius 2 is 1.93 bits per heavy atom. The highest BCUT2D eigenvalue weighted by atomic mass is 15.3. The summed E-state index contributed by atoms with van der Waals surface area (Å²) >= 11 is 0. The summed E-state index contributed by atoms with van der Waals surface area (Å²) in [6.07, 6.45) is 5.41. The van der Waals surface area contributed by atoms with Crippen molar-refractivity contribution in [2.75, 3.05) is 18.4 Å². The fourth-order valence-corrected chi connectivity index (χ4v) is 3.69. The lowest BCUT2D eigenvalue weighted by Crippen LogP contribution is -2.25. The third kappa shape index (κ3) is 4.04. The van der Waals surface area contributed by atoms with Gasteiger partial charge in [-0.05, 0) is 51.9 Å². The fraction of sp³-hybridized carbons (Fsp3) is 0.429. The third-order valence-electron chi connectivity index (χ3n) is 5.05. The van der Waals surface area contributed by atoms with Gasteiger partial charge in [0.2, 0.25) is 0 Å². The van der Waals surface area contributed by atoms with E-state index in [1.807, 2.05) is 19.1 Å². The highest BCUT2D eigenvalue weighted by Gasteiger charge is 2.19. The van der Waals surface area contributed by atoms with Crippen molar-refractivity contribution in [1.29, 1.82) is 0 Å². The summed E-state index contributed by atoms with van der Waals surface area (Å²) in [4.78, 5) is 13.9. The Bertz CT molecular complexity index is 949. The molecule has 1 aliphatic heterocycles. The van der Waals surface area contributed by atoms with Crippen LogP contribution >= 0.6 is 0 Å². The minimum atomic E-state index is 0.193. The molecule has 7 nitrogen and oxygen atoms in total. The highest BCUT2D eigenvalue weighted by molar-refractivity contribution is 5.60. The normalized spacial score (nSPS) is 15.0. The molecule has 28 heavy (non-hydrogen) atoms. The molecule has 0 fully saturated rings. The molecule has 3 aromatic heterocycles. The second-order valence-corrected chi connectivity index (χ2v) is 7.46. The number of hydrogen-bond donors (Lipinski definition) is 2. The van der Waals surface area contributed by atoms with Crippen molar-refractivity contribution in [3.63, 3.8) is 0 Å². The van der Waals surface area contributed by atoms with Gasteiger partial charge in [-0.3, -0.25) is 9.67 Å². The zero-order valence-corrected chi connectivity index (χ0v) is 16.7. The first-order valence-corrected chi connectivity index (χ1v) is 9.88. The van der Waals surface area contributed by atoms with Gasteiger partial charge < -0.3 is 10.6 Å². The third-order valence-corrected chi connectivity index (χ3v) is 5.05. The van der Waals surface area contributed by atoms with Gasteiger partial charge in [-0.1, -0.05) is 0 Å². The van der Waals surface area contributed by atoms with E-state index in [1.165, 1.54) is 11.3 Å². The maximum atomic E-state index is 4.90. The SMILES string of the molecule is Cc1cc(C)n(CC(C)Nc2nc(-c3ccncc3)nc3c2CCNCC3)n1. The van der Waals surface area contributed by atoms with E-state index < -0.39 is 0 Å². The second kappa shape index (κ2) is 8.06. The monoisotopic (exact) mass is 377 g/mol. The van der Waals surface area contributed by atoms with Gasteiger partial charge in [0.05, 0.1) is 17.9 Å². The van der Waals surface area contributed by atoms with Crippen molar-refractivity contribution in [1.82, 2.24) is 30.0 Å². The smallest absolute Gasteiger partial charge is 0.161 e. The number of nitrogens with one attached hydrogen (secondary N) is 2. The first-order valence-electron chi connectivity index (χ1n) is 9.88. The van der Waals surface area contributed by atoms with Crippen LogP contribution in [0.15, 0.2) is 30.6 Å². The second-order valence-electron chi connectivity index (χ2n) is 7.46. The van der Waals surface area contributed by atoms with E-state index in [2.05, 4.69) is 45.3 Å². The Morgan fingerprint density at radius 3 is 2.68 bits per heavy atom. The molecule has 2 N–H and O–H groups in total. The Balaban J connectivity index is 1.65. The summed E-state index contributed by atoms with van der Waals surface area (Å²) < 4.78 is 2.05. The Labute approximate surface area is 165 Å². The van der Waals surface area contributed by atoms with Crippen LogP contribution in [0.25, 0.3) is 11.4 Å². The number of hydrogen-bond acceptors (Lipinski definition) is 6. The van der Waals surface area contributed by atoms with E-state index in [-0.39, 0.29) is 6.04 Å². The van der Waals surface area contributed by atoms with E-state index in [9.17, 15) is 0 Å². The molecule has 0 amide bonds.